The summed E-state index contributed by atoms with van der Waals surface area (Å²) in [4.78, 5) is 9.39. The van der Waals surface area contributed by atoms with Crippen LogP contribution >= 0.6 is 15.9 Å². The molecule has 0 bridgehead atoms. The minimum Gasteiger partial charge on any atom is -0.493 e. The number of ether oxygens (including phenoxy) is 2. The Morgan fingerprint density at radius 3 is 2.28 bits per heavy atom. The molecule has 32 heavy (non-hydrogen) atoms. The molecule has 172 valence electrons. The fourth-order valence-electron chi connectivity index (χ4n) is 4.01. The van der Waals surface area contributed by atoms with Gasteiger partial charge in [0.05, 0.1) is 26.5 Å². The van der Waals surface area contributed by atoms with Gasteiger partial charge in [-0.2, -0.15) is 4.98 Å². The monoisotopic (exact) mass is 505 g/mol. The molecule has 1 aliphatic rings. The second kappa shape index (κ2) is 10.0. The van der Waals surface area contributed by atoms with Gasteiger partial charge in [-0.1, -0.05) is 26.2 Å². The van der Waals surface area contributed by atoms with Crippen LogP contribution in [-0.2, 0) is 13.1 Å². The fraction of sp³-hybridized carbons (Fsp3) is 0.500. The molecular weight excluding hydrogens is 478 g/mol. The van der Waals surface area contributed by atoms with Crippen molar-refractivity contribution in [2.75, 3.05) is 40.4 Å². The number of aryl methyl sites for hydroxylation is 2. The van der Waals surface area contributed by atoms with E-state index in [0.717, 1.165) is 66.4 Å². The Labute approximate surface area is 195 Å². The van der Waals surface area contributed by atoms with Crippen LogP contribution in [-0.4, -0.2) is 65.5 Å². The van der Waals surface area contributed by atoms with Crippen molar-refractivity contribution < 1.29 is 18.5 Å². The van der Waals surface area contributed by atoms with E-state index in [4.69, 9.17) is 18.5 Å². The number of halogens is 1. The maximum absolute atomic E-state index is 5.47. The third-order valence-electron chi connectivity index (χ3n) is 5.71. The zero-order valence-corrected chi connectivity index (χ0v) is 20.4. The summed E-state index contributed by atoms with van der Waals surface area (Å²) in [6.45, 7) is 9.10. The molecule has 0 aliphatic carbocycles. The van der Waals surface area contributed by atoms with Crippen molar-refractivity contribution >= 4 is 15.9 Å². The Hall–Kier alpha value is -2.43. The predicted molar refractivity (Wildman–Crippen MR) is 122 cm³/mol. The Balaban J connectivity index is 1.37. The highest BCUT2D eigenvalue weighted by Gasteiger charge is 2.21. The van der Waals surface area contributed by atoms with E-state index in [1.54, 1.807) is 14.2 Å². The molecule has 0 N–H and O–H groups in total. The van der Waals surface area contributed by atoms with E-state index in [9.17, 15) is 0 Å². The quantitative estimate of drug-likeness (QED) is 0.474. The number of benzene rings is 1. The molecule has 4 rings (SSSR count). The molecule has 0 unspecified atom stereocenters. The van der Waals surface area contributed by atoms with E-state index in [-0.39, 0.29) is 0 Å². The fourth-order valence-corrected chi connectivity index (χ4v) is 4.45. The first-order chi connectivity index (χ1) is 15.5. The van der Waals surface area contributed by atoms with Crippen LogP contribution in [0.2, 0.25) is 0 Å². The van der Waals surface area contributed by atoms with Crippen molar-refractivity contribution in [3.8, 4) is 23.0 Å². The number of methoxy groups -OCH3 is 2. The smallest absolute Gasteiger partial charge is 0.263 e. The van der Waals surface area contributed by atoms with Crippen LogP contribution in [0.15, 0.2) is 25.7 Å². The maximum Gasteiger partial charge on any atom is 0.263 e. The van der Waals surface area contributed by atoms with Gasteiger partial charge >= 0.3 is 0 Å². The van der Waals surface area contributed by atoms with Gasteiger partial charge < -0.3 is 18.5 Å². The molecule has 1 fully saturated rings. The van der Waals surface area contributed by atoms with E-state index >= 15 is 0 Å². The van der Waals surface area contributed by atoms with Gasteiger partial charge in [0.15, 0.2) is 17.3 Å². The molecule has 0 spiro atoms. The molecule has 1 aromatic carbocycles. The highest BCUT2D eigenvalue weighted by atomic mass is 79.9. The average Bonchev–Trinajstić information content (AvgIpc) is 3.29. The molecule has 1 aliphatic heterocycles. The van der Waals surface area contributed by atoms with Gasteiger partial charge in [-0.05, 0) is 51.1 Å². The number of nitrogens with zero attached hydrogens (tertiary/aromatic N) is 5. The van der Waals surface area contributed by atoms with Gasteiger partial charge in [0.1, 0.15) is 11.3 Å². The second-order valence-electron chi connectivity index (χ2n) is 7.92. The highest BCUT2D eigenvalue weighted by Crippen LogP contribution is 2.34. The van der Waals surface area contributed by atoms with Gasteiger partial charge in [-0.15, -0.1) is 0 Å². The molecule has 0 amide bonds. The Kier molecular flexibility index (Phi) is 7.12. The topological polar surface area (TPSA) is 89.9 Å². The number of hydrogen-bond acceptors (Lipinski definition) is 9. The molecule has 3 aromatic rings. The summed E-state index contributed by atoms with van der Waals surface area (Å²) in [5.41, 5.74) is 2.72. The lowest BCUT2D eigenvalue weighted by atomic mass is 10.2. The van der Waals surface area contributed by atoms with Gasteiger partial charge in [-0.3, -0.25) is 9.80 Å². The Bertz CT molecular complexity index is 1050. The summed E-state index contributed by atoms with van der Waals surface area (Å²) < 4.78 is 22.6. The molecule has 3 heterocycles. The van der Waals surface area contributed by atoms with Crippen molar-refractivity contribution in [2.24, 2.45) is 0 Å². The normalized spacial score (nSPS) is 15.7. The SMILES string of the molecule is COc1cc(Br)c(CN2CCCN(Cc3noc(-c4c(C)noc4C)n3)CC2)cc1OC. The van der Waals surface area contributed by atoms with Crippen LogP contribution < -0.4 is 9.47 Å². The van der Waals surface area contributed by atoms with Crippen LogP contribution in [0.1, 0.15) is 29.3 Å². The number of hydrogen-bond donors (Lipinski definition) is 0. The third kappa shape index (κ3) is 4.97. The lowest BCUT2D eigenvalue weighted by Gasteiger charge is -2.22. The van der Waals surface area contributed by atoms with E-state index in [1.807, 2.05) is 26.0 Å². The zero-order valence-electron chi connectivity index (χ0n) is 18.9. The van der Waals surface area contributed by atoms with Gasteiger partial charge in [0.2, 0.25) is 0 Å². The first-order valence-electron chi connectivity index (χ1n) is 10.6. The molecule has 0 atom stereocenters. The third-order valence-corrected chi connectivity index (χ3v) is 6.45. The summed E-state index contributed by atoms with van der Waals surface area (Å²) in [5, 5.41) is 8.13. The molecule has 0 saturated carbocycles. The van der Waals surface area contributed by atoms with Crippen LogP contribution in [0.4, 0.5) is 0 Å². The van der Waals surface area contributed by atoms with Crippen molar-refractivity contribution in [2.45, 2.75) is 33.4 Å². The Morgan fingerprint density at radius 2 is 1.62 bits per heavy atom. The predicted octanol–water partition coefficient (Wildman–Crippen LogP) is 3.83. The second-order valence-corrected chi connectivity index (χ2v) is 8.77. The van der Waals surface area contributed by atoms with Crippen molar-refractivity contribution in [1.29, 1.82) is 0 Å². The van der Waals surface area contributed by atoms with Crippen molar-refractivity contribution in [1.82, 2.24) is 25.1 Å². The molecular formula is C22H28BrN5O4. The minimum atomic E-state index is 0.464. The molecule has 9 nitrogen and oxygen atoms in total. The lowest BCUT2D eigenvalue weighted by molar-refractivity contribution is 0.241. The first kappa shape index (κ1) is 22.8. The van der Waals surface area contributed by atoms with Crippen molar-refractivity contribution in [3.63, 3.8) is 0 Å². The highest BCUT2D eigenvalue weighted by molar-refractivity contribution is 9.10. The molecule has 0 radical (unpaired) electrons. The van der Waals surface area contributed by atoms with Crippen LogP contribution in [0, 0.1) is 13.8 Å². The van der Waals surface area contributed by atoms with E-state index in [2.05, 4.69) is 41.0 Å². The minimum absolute atomic E-state index is 0.464. The summed E-state index contributed by atoms with van der Waals surface area (Å²) in [6.07, 6.45) is 1.07. The Morgan fingerprint density at radius 1 is 0.938 bits per heavy atom. The first-order valence-corrected chi connectivity index (χ1v) is 11.4. The average molecular weight is 506 g/mol. The standard InChI is InChI=1S/C22H28BrN5O4/c1-14-21(15(2)31-25-14)22-24-20(26-32-22)13-28-7-5-6-27(8-9-28)12-16-10-18(29-3)19(30-4)11-17(16)23/h10-11H,5-9,12-13H2,1-4H3. The van der Waals surface area contributed by atoms with Crippen LogP contribution in [0.5, 0.6) is 11.5 Å². The zero-order chi connectivity index (χ0) is 22.7. The maximum atomic E-state index is 5.47. The summed E-state index contributed by atoms with van der Waals surface area (Å²) >= 11 is 3.67. The largest absolute Gasteiger partial charge is 0.493 e. The lowest BCUT2D eigenvalue weighted by Crippen LogP contribution is -2.30. The van der Waals surface area contributed by atoms with E-state index in [0.29, 0.717) is 24.0 Å². The molecule has 2 aromatic heterocycles. The number of aromatic nitrogens is 3. The van der Waals surface area contributed by atoms with Gasteiger partial charge in [-0.25, -0.2) is 0 Å². The summed E-state index contributed by atoms with van der Waals surface area (Å²) in [7, 11) is 3.31. The van der Waals surface area contributed by atoms with Crippen LogP contribution in [0.25, 0.3) is 11.5 Å². The summed E-state index contributed by atoms with van der Waals surface area (Å²) in [6, 6.07) is 4.01. The van der Waals surface area contributed by atoms with Gasteiger partial charge in [0.25, 0.3) is 5.89 Å². The van der Waals surface area contributed by atoms with Crippen molar-refractivity contribution in [3.05, 3.63) is 39.4 Å². The molecule has 1 saturated heterocycles. The van der Waals surface area contributed by atoms with E-state index in [1.165, 1.54) is 5.56 Å². The van der Waals surface area contributed by atoms with Crippen LogP contribution in [0.3, 0.4) is 0 Å². The van der Waals surface area contributed by atoms with Gasteiger partial charge in [0, 0.05) is 24.1 Å². The number of rotatable bonds is 7. The van der Waals surface area contributed by atoms with E-state index < -0.39 is 0 Å². The molecule has 10 heteroatoms. The summed E-state index contributed by atoms with van der Waals surface area (Å²) in [5.74, 6) is 3.29.